The Balaban J connectivity index is 2.59. The predicted octanol–water partition coefficient (Wildman–Crippen LogP) is 2.80. The van der Waals surface area contributed by atoms with E-state index < -0.39 is 0 Å². The van der Waals surface area contributed by atoms with Crippen molar-refractivity contribution in [2.75, 3.05) is 13.6 Å². The van der Waals surface area contributed by atoms with Gasteiger partial charge < -0.3 is 5.32 Å². The van der Waals surface area contributed by atoms with E-state index in [-0.39, 0.29) is 0 Å². The number of nitrogens with one attached hydrogen (secondary N) is 1. The first-order chi connectivity index (χ1) is 6.24. The van der Waals surface area contributed by atoms with E-state index in [0.717, 1.165) is 24.4 Å². The highest BCUT2D eigenvalue weighted by Crippen LogP contribution is 2.16. The van der Waals surface area contributed by atoms with Crippen LogP contribution in [0.4, 0.5) is 0 Å². The molecular formula is C11H16ClN. The van der Waals surface area contributed by atoms with Crippen molar-refractivity contribution in [2.24, 2.45) is 0 Å². The topological polar surface area (TPSA) is 12.0 Å². The van der Waals surface area contributed by atoms with Crippen LogP contribution in [0, 0.1) is 6.92 Å². The molecule has 0 aliphatic carbocycles. The summed E-state index contributed by atoms with van der Waals surface area (Å²) in [4.78, 5) is 0. The fraction of sp³-hybridized carbons (Fsp3) is 0.455. The molecule has 13 heavy (non-hydrogen) atoms. The third kappa shape index (κ3) is 3.37. The molecule has 0 bridgehead atoms. The van der Waals surface area contributed by atoms with Crippen molar-refractivity contribution in [3.63, 3.8) is 0 Å². The van der Waals surface area contributed by atoms with Crippen LogP contribution in [0.3, 0.4) is 0 Å². The molecule has 0 spiro atoms. The van der Waals surface area contributed by atoms with Gasteiger partial charge in [-0.1, -0.05) is 17.7 Å². The lowest BCUT2D eigenvalue weighted by atomic mass is 10.0. The largest absolute Gasteiger partial charge is 0.320 e. The van der Waals surface area contributed by atoms with Gasteiger partial charge in [0, 0.05) is 5.02 Å². The van der Waals surface area contributed by atoms with Crippen molar-refractivity contribution >= 4 is 11.6 Å². The first-order valence-electron chi connectivity index (χ1n) is 4.63. The molecule has 1 aromatic rings. The van der Waals surface area contributed by atoms with Crippen LogP contribution in [0.15, 0.2) is 18.2 Å². The van der Waals surface area contributed by atoms with Gasteiger partial charge in [-0.25, -0.2) is 0 Å². The van der Waals surface area contributed by atoms with Gasteiger partial charge in [-0.05, 0) is 56.6 Å². The van der Waals surface area contributed by atoms with Crippen molar-refractivity contribution in [1.82, 2.24) is 5.32 Å². The molecule has 0 atom stereocenters. The van der Waals surface area contributed by atoms with Gasteiger partial charge in [0.25, 0.3) is 0 Å². The van der Waals surface area contributed by atoms with Crippen LogP contribution in [0.2, 0.25) is 5.02 Å². The Kier molecular flexibility index (Phi) is 4.26. The second kappa shape index (κ2) is 5.25. The summed E-state index contributed by atoms with van der Waals surface area (Å²) < 4.78 is 0. The van der Waals surface area contributed by atoms with Gasteiger partial charge in [0.15, 0.2) is 0 Å². The highest BCUT2D eigenvalue weighted by molar-refractivity contribution is 6.30. The zero-order valence-corrected chi connectivity index (χ0v) is 8.99. The first kappa shape index (κ1) is 10.6. The number of rotatable bonds is 4. The molecule has 0 fully saturated rings. The van der Waals surface area contributed by atoms with Crippen LogP contribution in [0.25, 0.3) is 0 Å². The van der Waals surface area contributed by atoms with Crippen LogP contribution in [0.5, 0.6) is 0 Å². The summed E-state index contributed by atoms with van der Waals surface area (Å²) in [6.45, 7) is 3.19. The molecule has 0 aliphatic heterocycles. The lowest BCUT2D eigenvalue weighted by Gasteiger charge is -2.05. The Hall–Kier alpha value is -0.530. The van der Waals surface area contributed by atoms with Crippen molar-refractivity contribution in [1.29, 1.82) is 0 Å². The number of aryl methyl sites for hydroxylation is 2. The van der Waals surface area contributed by atoms with Gasteiger partial charge in [0.2, 0.25) is 0 Å². The second-order valence-corrected chi connectivity index (χ2v) is 3.71. The van der Waals surface area contributed by atoms with Gasteiger partial charge in [0.1, 0.15) is 0 Å². The van der Waals surface area contributed by atoms with Crippen LogP contribution >= 0.6 is 11.6 Å². The van der Waals surface area contributed by atoms with Crippen LogP contribution in [0.1, 0.15) is 17.5 Å². The zero-order chi connectivity index (χ0) is 9.68. The maximum Gasteiger partial charge on any atom is 0.0408 e. The van der Waals surface area contributed by atoms with Gasteiger partial charge in [-0.15, -0.1) is 0 Å². The minimum Gasteiger partial charge on any atom is -0.320 e. The quantitative estimate of drug-likeness (QED) is 0.733. The van der Waals surface area contributed by atoms with E-state index >= 15 is 0 Å². The number of hydrogen-bond donors (Lipinski definition) is 1. The van der Waals surface area contributed by atoms with Crippen molar-refractivity contribution < 1.29 is 0 Å². The van der Waals surface area contributed by atoms with E-state index in [2.05, 4.69) is 24.4 Å². The van der Waals surface area contributed by atoms with Crippen LogP contribution in [-0.2, 0) is 6.42 Å². The lowest BCUT2D eigenvalue weighted by molar-refractivity contribution is 0.723. The Morgan fingerprint density at radius 1 is 1.38 bits per heavy atom. The molecule has 0 aromatic heterocycles. The minimum absolute atomic E-state index is 0.838. The SMILES string of the molecule is CNCCCc1cc(Cl)ccc1C. The molecule has 0 aliphatic rings. The summed E-state index contributed by atoms with van der Waals surface area (Å²) in [5.74, 6) is 0. The Morgan fingerprint density at radius 3 is 2.85 bits per heavy atom. The summed E-state index contributed by atoms with van der Waals surface area (Å²) in [7, 11) is 1.98. The average Bonchev–Trinajstić information content (AvgIpc) is 2.11. The molecule has 0 unspecified atom stereocenters. The van der Waals surface area contributed by atoms with Gasteiger partial charge in [-0.3, -0.25) is 0 Å². The monoisotopic (exact) mass is 197 g/mol. The molecule has 1 aromatic carbocycles. The zero-order valence-electron chi connectivity index (χ0n) is 8.23. The predicted molar refractivity (Wildman–Crippen MR) is 58.4 cm³/mol. The maximum absolute atomic E-state index is 5.91. The molecule has 2 heteroatoms. The standard InChI is InChI=1S/C11H16ClN/c1-9-5-6-11(12)8-10(9)4-3-7-13-2/h5-6,8,13H,3-4,7H2,1-2H3. The fourth-order valence-electron chi connectivity index (χ4n) is 1.36. The maximum atomic E-state index is 5.91. The van der Waals surface area contributed by atoms with Crippen molar-refractivity contribution in [3.05, 3.63) is 34.3 Å². The van der Waals surface area contributed by atoms with Crippen molar-refractivity contribution in [2.45, 2.75) is 19.8 Å². The van der Waals surface area contributed by atoms with Crippen LogP contribution < -0.4 is 5.32 Å². The van der Waals surface area contributed by atoms with E-state index in [1.807, 2.05) is 13.1 Å². The lowest BCUT2D eigenvalue weighted by Crippen LogP contribution is -2.08. The van der Waals surface area contributed by atoms with E-state index in [0.29, 0.717) is 0 Å². The number of halogens is 1. The third-order valence-electron chi connectivity index (χ3n) is 2.18. The molecule has 0 radical (unpaired) electrons. The van der Waals surface area contributed by atoms with E-state index in [1.165, 1.54) is 11.1 Å². The smallest absolute Gasteiger partial charge is 0.0408 e. The van der Waals surface area contributed by atoms with E-state index in [4.69, 9.17) is 11.6 Å². The van der Waals surface area contributed by atoms with Crippen molar-refractivity contribution in [3.8, 4) is 0 Å². The molecule has 1 N–H and O–H groups in total. The molecule has 0 amide bonds. The Labute approximate surface area is 85.1 Å². The third-order valence-corrected chi connectivity index (χ3v) is 2.42. The summed E-state index contributed by atoms with van der Waals surface area (Å²) in [5, 5.41) is 3.98. The molecule has 0 heterocycles. The van der Waals surface area contributed by atoms with E-state index in [9.17, 15) is 0 Å². The normalized spacial score (nSPS) is 10.4. The fourth-order valence-corrected chi connectivity index (χ4v) is 1.56. The number of hydrogen-bond acceptors (Lipinski definition) is 1. The highest BCUT2D eigenvalue weighted by atomic mass is 35.5. The molecule has 1 rings (SSSR count). The Morgan fingerprint density at radius 2 is 2.15 bits per heavy atom. The van der Waals surface area contributed by atoms with Gasteiger partial charge in [-0.2, -0.15) is 0 Å². The molecule has 0 saturated heterocycles. The first-order valence-corrected chi connectivity index (χ1v) is 5.01. The van der Waals surface area contributed by atoms with Gasteiger partial charge >= 0.3 is 0 Å². The summed E-state index contributed by atoms with van der Waals surface area (Å²) in [5.41, 5.74) is 2.70. The Bertz CT molecular complexity index is 271. The highest BCUT2D eigenvalue weighted by Gasteiger charge is 1.98. The van der Waals surface area contributed by atoms with E-state index in [1.54, 1.807) is 0 Å². The molecule has 72 valence electrons. The summed E-state index contributed by atoms with van der Waals surface area (Å²) >= 11 is 5.91. The summed E-state index contributed by atoms with van der Waals surface area (Å²) in [6, 6.07) is 6.09. The molecule has 1 nitrogen and oxygen atoms in total. The molecular weight excluding hydrogens is 182 g/mol. The van der Waals surface area contributed by atoms with Gasteiger partial charge in [0.05, 0.1) is 0 Å². The molecule has 0 saturated carbocycles. The average molecular weight is 198 g/mol. The summed E-state index contributed by atoms with van der Waals surface area (Å²) in [6.07, 6.45) is 2.27. The van der Waals surface area contributed by atoms with Crippen LogP contribution in [-0.4, -0.2) is 13.6 Å². The minimum atomic E-state index is 0.838. The second-order valence-electron chi connectivity index (χ2n) is 3.28. The number of benzene rings is 1.